The van der Waals surface area contributed by atoms with Crippen molar-refractivity contribution < 1.29 is 4.74 Å². The molecule has 10 nitrogen and oxygen atoms in total. The molecule has 1 aromatic carbocycles. The topological polar surface area (TPSA) is 111 Å². The summed E-state index contributed by atoms with van der Waals surface area (Å²) in [7, 11) is 4.03. The van der Waals surface area contributed by atoms with Crippen LogP contribution < -0.4 is 11.1 Å². The van der Waals surface area contributed by atoms with E-state index < -0.39 is 0 Å². The van der Waals surface area contributed by atoms with E-state index in [-0.39, 0.29) is 5.66 Å². The zero-order valence-corrected chi connectivity index (χ0v) is 26.0. The van der Waals surface area contributed by atoms with Gasteiger partial charge in [0.1, 0.15) is 11.5 Å². The number of nitrogens with two attached hydrogens (primary N) is 1. The summed E-state index contributed by atoms with van der Waals surface area (Å²) in [5.74, 6) is 1.66. The van der Waals surface area contributed by atoms with E-state index in [1.165, 1.54) is 33.7 Å². The number of benzene rings is 1. The van der Waals surface area contributed by atoms with Gasteiger partial charge >= 0.3 is 0 Å². The molecular formula is C34H43N9O. The Morgan fingerprint density at radius 3 is 2.84 bits per heavy atom. The smallest absolute Gasteiger partial charge is 0.149 e. The quantitative estimate of drug-likeness (QED) is 0.366. The molecule has 2 aromatic heterocycles. The van der Waals surface area contributed by atoms with Crippen LogP contribution in [0.15, 0.2) is 58.3 Å². The molecule has 3 aromatic rings. The molecule has 0 bridgehead atoms. The van der Waals surface area contributed by atoms with Gasteiger partial charge in [0.2, 0.25) is 0 Å². The van der Waals surface area contributed by atoms with Gasteiger partial charge in [-0.25, -0.2) is 0 Å². The minimum Gasteiger partial charge on any atom is -0.404 e. The number of hydrogen-bond acceptors (Lipinski definition) is 8. The molecule has 44 heavy (non-hydrogen) atoms. The lowest BCUT2D eigenvalue weighted by Crippen LogP contribution is -2.37. The highest BCUT2D eigenvalue weighted by Crippen LogP contribution is 2.57. The summed E-state index contributed by atoms with van der Waals surface area (Å²) in [6, 6.07) is 10.7. The molecule has 2 fully saturated rings. The molecule has 1 saturated carbocycles. The molecule has 4 aliphatic rings. The molecule has 0 amide bonds. The van der Waals surface area contributed by atoms with Gasteiger partial charge in [0.25, 0.3) is 0 Å². The van der Waals surface area contributed by atoms with E-state index in [0.717, 1.165) is 82.0 Å². The van der Waals surface area contributed by atoms with Crippen LogP contribution in [0.2, 0.25) is 0 Å². The maximum atomic E-state index is 6.09. The molecule has 2 aliphatic carbocycles. The van der Waals surface area contributed by atoms with Crippen LogP contribution in [0.25, 0.3) is 11.1 Å². The average molecular weight is 594 g/mol. The predicted molar refractivity (Wildman–Crippen MR) is 176 cm³/mol. The van der Waals surface area contributed by atoms with Crippen LogP contribution >= 0.6 is 0 Å². The van der Waals surface area contributed by atoms with E-state index in [9.17, 15) is 0 Å². The summed E-state index contributed by atoms with van der Waals surface area (Å²) in [6.07, 6.45) is 11.4. The number of anilines is 1. The highest BCUT2D eigenvalue weighted by atomic mass is 16.5. The number of morpholine rings is 1. The molecule has 3 unspecified atom stereocenters. The summed E-state index contributed by atoms with van der Waals surface area (Å²) < 4.78 is 9.38. The van der Waals surface area contributed by atoms with Crippen LogP contribution in [-0.4, -0.2) is 81.9 Å². The summed E-state index contributed by atoms with van der Waals surface area (Å²) in [5, 5.41) is 13.3. The Kier molecular flexibility index (Phi) is 7.72. The van der Waals surface area contributed by atoms with Gasteiger partial charge in [-0.2, -0.15) is 10.2 Å². The van der Waals surface area contributed by atoms with Crippen molar-refractivity contribution in [3.05, 3.63) is 76.4 Å². The first-order valence-corrected chi connectivity index (χ1v) is 15.9. The Hall–Kier alpha value is -4.02. The number of nitrogens with one attached hydrogen (secondary N) is 1. The molecule has 0 spiro atoms. The van der Waals surface area contributed by atoms with E-state index in [4.69, 9.17) is 25.6 Å². The van der Waals surface area contributed by atoms with Crippen LogP contribution in [0.4, 0.5) is 5.82 Å². The van der Waals surface area contributed by atoms with Crippen molar-refractivity contribution in [1.29, 1.82) is 0 Å². The van der Waals surface area contributed by atoms with Gasteiger partial charge < -0.3 is 15.8 Å². The summed E-state index contributed by atoms with van der Waals surface area (Å²) in [4.78, 5) is 12.2. The van der Waals surface area contributed by atoms with Gasteiger partial charge in [-0.15, -0.1) is 0 Å². The van der Waals surface area contributed by atoms with Gasteiger partial charge in [0.05, 0.1) is 31.1 Å². The lowest BCUT2D eigenvalue weighted by molar-refractivity contribution is 0.0395. The van der Waals surface area contributed by atoms with Gasteiger partial charge in [-0.3, -0.25) is 24.2 Å². The monoisotopic (exact) mass is 593 g/mol. The third-order valence-electron chi connectivity index (χ3n) is 9.73. The SMILES string of the molecule is CC1C2=C(C=NC3(Nc4ccn(C)n4)CC13)CCc1nn(C)c(Cc3cccc(/C(C=NCCN4CCOCC4)=C/N)c3)c12. The van der Waals surface area contributed by atoms with E-state index in [2.05, 4.69) is 64.4 Å². The Labute approximate surface area is 259 Å². The Bertz CT molecular complexity index is 1650. The largest absolute Gasteiger partial charge is 0.404 e. The second-order valence-electron chi connectivity index (χ2n) is 12.6. The van der Waals surface area contributed by atoms with Crippen molar-refractivity contribution in [1.82, 2.24) is 24.5 Å². The van der Waals surface area contributed by atoms with Crippen molar-refractivity contribution >= 4 is 29.4 Å². The van der Waals surface area contributed by atoms with Gasteiger partial charge in [0.15, 0.2) is 0 Å². The van der Waals surface area contributed by atoms with Crippen molar-refractivity contribution in [2.75, 3.05) is 44.7 Å². The van der Waals surface area contributed by atoms with Crippen LogP contribution in [0.1, 0.15) is 47.8 Å². The maximum absolute atomic E-state index is 6.09. The highest BCUT2D eigenvalue weighted by molar-refractivity contribution is 6.09. The van der Waals surface area contributed by atoms with Crippen molar-refractivity contribution in [2.24, 2.45) is 41.6 Å². The molecule has 3 N–H and O–H groups in total. The number of fused-ring (bicyclic) bond motifs is 3. The van der Waals surface area contributed by atoms with E-state index in [1.54, 1.807) is 6.20 Å². The lowest BCUT2D eigenvalue weighted by atomic mass is 9.79. The number of allylic oxidation sites excluding steroid dienone is 3. The minimum absolute atomic E-state index is 0.281. The molecule has 1 saturated heterocycles. The number of aryl methyl sites for hydroxylation is 3. The maximum Gasteiger partial charge on any atom is 0.149 e. The minimum atomic E-state index is -0.281. The van der Waals surface area contributed by atoms with Crippen LogP contribution in [0.3, 0.4) is 0 Å². The van der Waals surface area contributed by atoms with E-state index in [0.29, 0.717) is 11.8 Å². The zero-order valence-electron chi connectivity index (χ0n) is 26.0. The van der Waals surface area contributed by atoms with E-state index in [1.807, 2.05) is 30.2 Å². The van der Waals surface area contributed by atoms with Crippen LogP contribution in [0, 0.1) is 11.8 Å². The first-order chi connectivity index (χ1) is 21.4. The number of rotatable bonds is 9. The van der Waals surface area contributed by atoms with Crippen LogP contribution in [0.5, 0.6) is 0 Å². The summed E-state index contributed by atoms with van der Waals surface area (Å²) in [6.45, 7) is 7.62. The molecule has 230 valence electrons. The Morgan fingerprint density at radius 2 is 2.05 bits per heavy atom. The first kappa shape index (κ1) is 28.7. The van der Waals surface area contributed by atoms with E-state index >= 15 is 0 Å². The van der Waals surface area contributed by atoms with Crippen molar-refractivity contribution in [3.8, 4) is 0 Å². The summed E-state index contributed by atoms with van der Waals surface area (Å²) in [5.41, 5.74) is 15.6. The highest BCUT2D eigenvalue weighted by Gasteiger charge is 2.59. The standard InChI is InChI=1S/C34H43N9O/c1-23-28-19-34(28,38-31-9-11-41(2)40-31)37-22-26-7-8-29-33(32(23)26)30(42(3)39-29)18-24-5-4-6-25(17-24)27(20-35)21-36-10-12-43-13-15-44-16-14-43/h4-6,9,11,17,20-23,28H,7-8,10,12-16,18-19,35H2,1-3H3,(H,38,40)/b27-20+,36-21?. The zero-order chi connectivity index (χ0) is 30.3. The summed E-state index contributed by atoms with van der Waals surface area (Å²) >= 11 is 0. The average Bonchev–Trinajstić information content (AvgIpc) is 3.48. The van der Waals surface area contributed by atoms with Crippen molar-refractivity contribution in [2.45, 2.75) is 38.3 Å². The van der Waals surface area contributed by atoms with Gasteiger partial charge in [-0.1, -0.05) is 31.2 Å². The fraction of sp³-hybridized carbons (Fsp3) is 0.471. The molecule has 7 rings (SSSR count). The third kappa shape index (κ3) is 5.52. The number of hydrogen-bond donors (Lipinski definition) is 2. The molecule has 4 heterocycles. The Morgan fingerprint density at radius 1 is 1.18 bits per heavy atom. The lowest BCUT2D eigenvalue weighted by Gasteiger charge is -2.25. The second-order valence-corrected chi connectivity index (χ2v) is 12.6. The molecule has 2 aliphatic heterocycles. The van der Waals surface area contributed by atoms with Gasteiger partial charge in [0, 0.05) is 88.1 Å². The fourth-order valence-electron chi connectivity index (χ4n) is 7.25. The fourth-order valence-corrected chi connectivity index (χ4v) is 7.25. The second kappa shape index (κ2) is 11.8. The molecule has 10 heteroatoms. The number of nitrogens with zero attached hydrogens (tertiary/aromatic N) is 7. The van der Waals surface area contributed by atoms with Crippen LogP contribution in [-0.2, 0) is 31.7 Å². The molecule has 0 radical (unpaired) electrons. The normalized spacial score (nSPS) is 25.1. The number of aliphatic imine (C=N–C) groups is 2. The third-order valence-corrected chi connectivity index (χ3v) is 9.73. The predicted octanol–water partition coefficient (Wildman–Crippen LogP) is 3.70. The first-order valence-electron chi connectivity index (χ1n) is 15.9. The van der Waals surface area contributed by atoms with Gasteiger partial charge in [-0.05, 0) is 47.5 Å². The number of aromatic nitrogens is 4. The number of ether oxygens (including phenoxy) is 1. The van der Waals surface area contributed by atoms with Crippen molar-refractivity contribution in [3.63, 3.8) is 0 Å². The molecular weight excluding hydrogens is 550 g/mol. The Balaban J connectivity index is 1.10. The molecule has 3 atom stereocenters.